The maximum Gasteiger partial charge on any atom is 0.264 e. The number of anilines is 3. The Morgan fingerprint density at radius 3 is 2.50 bits per heavy atom. The Kier molecular flexibility index (Phi) is 5.29. The fourth-order valence-electron chi connectivity index (χ4n) is 2.25. The minimum absolute atomic E-state index is 0.00190. The van der Waals surface area contributed by atoms with Gasteiger partial charge >= 0.3 is 0 Å². The molecule has 0 aliphatic heterocycles. The first-order chi connectivity index (χ1) is 12.5. The first kappa shape index (κ1) is 18.0. The Hall–Kier alpha value is -2.77. The molecule has 1 aromatic heterocycles. The van der Waals surface area contributed by atoms with E-state index < -0.39 is 10.0 Å². The van der Waals surface area contributed by atoms with Gasteiger partial charge in [0.1, 0.15) is 16.5 Å². The van der Waals surface area contributed by atoms with E-state index in [-0.39, 0.29) is 15.7 Å². The number of pyridine rings is 1. The predicted molar refractivity (Wildman–Crippen MR) is 103 cm³/mol. The number of methoxy groups -OCH3 is 1. The highest BCUT2D eigenvalue weighted by molar-refractivity contribution is 7.92. The molecule has 0 spiro atoms. The van der Waals surface area contributed by atoms with E-state index in [2.05, 4.69) is 15.0 Å². The molecule has 0 atom stereocenters. The quantitative estimate of drug-likeness (QED) is 0.657. The molecule has 6 nitrogen and oxygen atoms in total. The van der Waals surface area contributed by atoms with Gasteiger partial charge in [0.05, 0.1) is 24.0 Å². The van der Waals surface area contributed by atoms with Crippen LogP contribution in [0.1, 0.15) is 0 Å². The van der Waals surface area contributed by atoms with Crippen molar-refractivity contribution in [2.24, 2.45) is 0 Å². The molecule has 2 aromatic carbocycles. The first-order valence-electron chi connectivity index (χ1n) is 7.62. The number of halogens is 1. The van der Waals surface area contributed by atoms with Crippen LogP contribution in [0.4, 0.5) is 17.2 Å². The smallest absolute Gasteiger partial charge is 0.264 e. The monoisotopic (exact) mass is 389 g/mol. The first-order valence-corrected chi connectivity index (χ1v) is 9.48. The summed E-state index contributed by atoms with van der Waals surface area (Å²) in [5.41, 5.74) is 1.54. The molecule has 0 radical (unpaired) electrons. The van der Waals surface area contributed by atoms with Gasteiger partial charge in [0.25, 0.3) is 10.0 Å². The van der Waals surface area contributed by atoms with Crippen LogP contribution < -0.4 is 14.8 Å². The zero-order valence-corrected chi connectivity index (χ0v) is 15.4. The zero-order valence-electron chi connectivity index (χ0n) is 13.8. The second kappa shape index (κ2) is 7.63. The third-order valence-corrected chi connectivity index (χ3v) is 5.34. The molecule has 0 saturated heterocycles. The van der Waals surface area contributed by atoms with Crippen molar-refractivity contribution < 1.29 is 13.2 Å². The SMILES string of the molecule is COc1cccc(Nc2ccc(NS(=O)(=O)c3ccccc3Cl)nc2)c1. The highest BCUT2D eigenvalue weighted by atomic mass is 35.5. The number of nitrogens with zero attached hydrogens (tertiary/aromatic N) is 1. The maximum atomic E-state index is 12.4. The normalized spacial score (nSPS) is 11.0. The van der Waals surface area contributed by atoms with Gasteiger partial charge in [-0.1, -0.05) is 29.8 Å². The Balaban J connectivity index is 1.74. The molecule has 3 rings (SSSR count). The van der Waals surface area contributed by atoms with Gasteiger partial charge < -0.3 is 10.1 Å². The van der Waals surface area contributed by atoms with E-state index >= 15 is 0 Å². The lowest BCUT2D eigenvalue weighted by Crippen LogP contribution is -2.14. The van der Waals surface area contributed by atoms with E-state index in [1.807, 2.05) is 24.3 Å². The molecule has 0 aliphatic rings. The van der Waals surface area contributed by atoms with Crippen molar-refractivity contribution in [1.29, 1.82) is 0 Å². The Morgan fingerprint density at radius 2 is 1.81 bits per heavy atom. The number of hydrogen-bond donors (Lipinski definition) is 2. The third-order valence-electron chi connectivity index (χ3n) is 3.49. The van der Waals surface area contributed by atoms with Gasteiger partial charge in [-0.3, -0.25) is 4.72 Å². The van der Waals surface area contributed by atoms with Gasteiger partial charge in [-0.15, -0.1) is 0 Å². The summed E-state index contributed by atoms with van der Waals surface area (Å²) >= 11 is 5.96. The van der Waals surface area contributed by atoms with Crippen molar-refractivity contribution in [1.82, 2.24) is 4.98 Å². The van der Waals surface area contributed by atoms with Gasteiger partial charge in [-0.05, 0) is 36.4 Å². The van der Waals surface area contributed by atoms with Gasteiger partial charge in [-0.2, -0.15) is 0 Å². The van der Waals surface area contributed by atoms with E-state index in [0.29, 0.717) is 5.69 Å². The molecule has 0 unspecified atom stereocenters. The van der Waals surface area contributed by atoms with Crippen LogP contribution in [0.3, 0.4) is 0 Å². The molecule has 3 aromatic rings. The van der Waals surface area contributed by atoms with Crippen molar-refractivity contribution in [3.8, 4) is 5.75 Å². The molecule has 1 heterocycles. The van der Waals surface area contributed by atoms with Gasteiger partial charge in [0.15, 0.2) is 0 Å². The summed E-state index contributed by atoms with van der Waals surface area (Å²) < 4.78 is 32.4. The summed E-state index contributed by atoms with van der Waals surface area (Å²) in [7, 11) is -2.21. The lowest BCUT2D eigenvalue weighted by atomic mass is 10.3. The van der Waals surface area contributed by atoms with Crippen LogP contribution in [0.5, 0.6) is 5.75 Å². The maximum absolute atomic E-state index is 12.4. The predicted octanol–water partition coefficient (Wildman–Crippen LogP) is 4.29. The van der Waals surface area contributed by atoms with Crippen LogP contribution in [-0.2, 0) is 10.0 Å². The fraction of sp³-hybridized carbons (Fsp3) is 0.0556. The summed E-state index contributed by atoms with van der Waals surface area (Å²) in [5, 5.41) is 3.32. The molecule has 26 heavy (non-hydrogen) atoms. The van der Waals surface area contributed by atoms with E-state index in [0.717, 1.165) is 11.4 Å². The average molecular weight is 390 g/mol. The highest BCUT2D eigenvalue weighted by Gasteiger charge is 2.17. The topological polar surface area (TPSA) is 80.3 Å². The molecule has 134 valence electrons. The number of rotatable bonds is 6. The van der Waals surface area contributed by atoms with Crippen LogP contribution in [0.2, 0.25) is 5.02 Å². The number of sulfonamides is 1. The Labute approximate surface area is 156 Å². The molecular formula is C18H16ClN3O3S. The third kappa shape index (κ3) is 4.25. The highest BCUT2D eigenvalue weighted by Crippen LogP contribution is 2.24. The van der Waals surface area contributed by atoms with Crippen molar-refractivity contribution >= 4 is 38.8 Å². The van der Waals surface area contributed by atoms with Crippen LogP contribution in [0.25, 0.3) is 0 Å². The van der Waals surface area contributed by atoms with Crippen molar-refractivity contribution in [3.05, 3.63) is 71.9 Å². The Morgan fingerprint density at radius 1 is 1.00 bits per heavy atom. The summed E-state index contributed by atoms with van der Waals surface area (Å²) in [5.74, 6) is 0.924. The molecule has 0 bridgehead atoms. The number of ether oxygens (including phenoxy) is 1. The Bertz CT molecular complexity index is 1010. The summed E-state index contributed by atoms with van der Waals surface area (Å²) in [4.78, 5) is 4.13. The number of hydrogen-bond acceptors (Lipinski definition) is 5. The largest absolute Gasteiger partial charge is 0.497 e. The molecule has 0 amide bonds. The molecule has 8 heteroatoms. The lowest BCUT2D eigenvalue weighted by molar-refractivity contribution is 0.415. The van der Waals surface area contributed by atoms with Gasteiger partial charge in [0.2, 0.25) is 0 Å². The van der Waals surface area contributed by atoms with E-state index in [1.54, 1.807) is 31.4 Å². The van der Waals surface area contributed by atoms with Crippen molar-refractivity contribution in [2.45, 2.75) is 4.90 Å². The standard InChI is InChI=1S/C18H16ClN3O3S/c1-25-15-6-4-5-13(11-15)21-14-9-10-18(20-12-14)22-26(23,24)17-8-3-2-7-16(17)19/h2-12,21H,1H3,(H,20,22). The summed E-state index contributed by atoms with van der Waals surface area (Å²) in [6, 6.07) is 16.9. The van der Waals surface area contributed by atoms with Crippen molar-refractivity contribution in [2.75, 3.05) is 17.1 Å². The van der Waals surface area contributed by atoms with Gasteiger partial charge in [0, 0.05) is 11.8 Å². The molecule has 0 aliphatic carbocycles. The average Bonchev–Trinajstić information content (AvgIpc) is 2.63. The molecule has 2 N–H and O–H groups in total. The van der Waals surface area contributed by atoms with E-state index in [4.69, 9.17) is 16.3 Å². The van der Waals surface area contributed by atoms with Crippen LogP contribution in [0, 0.1) is 0 Å². The number of aromatic nitrogens is 1. The van der Waals surface area contributed by atoms with Crippen LogP contribution in [-0.4, -0.2) is 20.5 Å². The van der Waals surface area contributed by atoms with E-state index in [1.165, 1.54) is 18.3 Å². The lowest BCUT2D eigenvalue weighted by Gasteiger charge is -2.10. The molecule has 0 saturated carbocycles. The molecule has 0 fully saturated rings. The summed E-state index contributed by atoms with van der Waals surface area (Å²) in [6.07, 6.45) is 1.53. The second-order valence-electron chi connectivity index (χ2n) is 5.32. The number of nitrogens with one attached hydrogen (secondary N) is 2. The number of benzene rings is 2. The molecular weight excluding hydrogens is 374 g/mol. The zero-order chi connectivity index (χ0) is 18.6. The van der Waals surface area contributed by atoms with Crippen LogP contribution >= 0.6 is 11.6 Å². The van der Waals surface area contributed by atoms with Gasteiger partial charge in [-0.25, -0.2) is 13.4 Å². The minimum Gasteiger partial charge on any atom is -0.497 e. The second-order valence-corrected chi connectivity index (χ2v) is 7.38. The van der Waals surface area contributed by atoms with Crippen LogP contribution in [0.15, 0.2) is 71.8 Å². The minimum atomic E-state index is -3.81. The fourth-order valence-corrected chi connectivity index (χ4v) is 3.78. The summed E-state index contributed by atoms with van der Waals surface area (Å²) in [6.45, 7) is 0. The van der Waals surface area contributed by atoms with Crippen molar-refractivity contribution in [3.63, 3.8) is 0 Å². The van der Waals surface area contributed by atoms with E-state index in [9.17, 15) is 8.42 Å².